The SMILES string of the molecule is O=C(c1cccs1)N1CCN(c2cc(-c3ccccc3)nc3ncnn23)CC1. The maximum absolute atomic E-state index is 12.6. The summed E-state index contributed by atoms with van der Waals surface area (Å²) in [5.74, 6) is 1.64. The number of piperazine rings is 1. The van der Waals surface area contributed by atoms with E-state index >= 15 is 0 Å². The molecule has 1 aliphatic rings. The van der Waals surface area contributed by atoms with Crippen molar-refractivity contribution in [1.82, 2.24) is 24.5 Å². The van der Waals surface area contributed by atoms with Crippen LogP contribution in [0.2, 0.25) is 0 Å². The van der Waals surface area contributed by atoms with E-state index < -0.39 is 0 Å². The predicted octanol–water partition coefficient (Wildman–Crippen LogP) is 2.82. The lowest BCUT2D eigenvalue weighted by Crippen LogP contribution is -2.49. The molecule has 0 saturated carbocycles. The van der Waals surface area contributed by atoms with E-state index in [1.165, 1.54) is 17.7 Å². The Balaban J connectivity index is 1.42. The van der Waals surface area contributed by atoms with Crippen LogP contribution < -0.4 is 4.90 Å². The predicted molar refractivity (Wildman–Crippen MR) is 109 cm³/mol. The number of carbonyl (C=O) groups excluding carboxylic acids is 1. The van der Waals surface area contributed by atoms with Crippen molar-refractivity contribution in [2.45, 2.75) is 0 Å². The maximum atomic E-state index is 12.6. The van der Waals surface area contributed by atoms with Crippen molar-refractivity contribution in [3.05, 3.63) is 65.1 Å². The van der Waals surface area contributed by atoms with Gasteiger partial charge in [0, 0.05) is 37.8 Å². The molecule has 28 heavy (non-hydrogen) atoms. The monoisotopic (exact) mass is 390 g/mol. The van der Waals surface area contributed by atoms with Gasteiger partial charge in [-0.15, -0.1) is 11.3 Å². The van der Waals surface area contributed by atoms with Crippen LogP contribution in [-0.2, 0) is 0 Å². The number of rotatable bonds is 3. The number of anilines is 1. The number of carbonyl (C=O) groups is 1. The summed E-state index contributed by atoms with van der Waals surface area (Å²) in [5.41, 5.74) is 1.91. The third kappa shape index (κ3) is 3.01. The number of hydrogen-bond acceptors (Lipinski definition) is 6. The average Bonchev–Trinajstić information content (AvgIpc) is 3.45. The molecule has 1 aromatic carbocycles. The van der Waals surface area contributed by atoms with E-state index in [-0.39, 0.29) is 5.91 Å². The molecule has 140 valence electrons. The molecular formula is C20H18N6OS. The third-order valence-corrected chi connectivity index (χ3v) is 5.78. The van der Waals surface area contributed by atoms with E-state index in [1.54, 1.807) is 4.52 Å². The van der Waals surface area contributed by atoms with Crippen molar-refractivity contribution in [2.24, 2.45) is 0 Å². The summed E-state index contributed by atoms with van der Waals surface area (Å²) in [6, 6.07) is 15.9. The van der Waals surface area contributed by atoms with Gasteiger partial charge in [-0.3, -0.25) is 4.79 Å². The first-order valence-electron chi connectivity index (χ1n) is 9.13. The number of fused-ring (bicyclic) bond motifs is 1. The van der Waals surface area contributed by atoms with Crippen molar-refractivity contribution < 1.29 is 4.79 Å². The first-order valence-corrected chi connectivity index (χ1v) is 10.0. The van der Waals surface area contributed by atoms with Crippen LogP contribution in [0.5, 0.6) is 0 Å². The van der Waals surface area contributed by atoms with Gasteiger partial charge in [-0.2, -0.15) is 14.6 Å². The first-order chi connectivity index (χ1) is 13.8. The van der Waals surface area contributed by atoms with Gasteiger partial charge < -0.3 is 9.80 Å². The quantitative estimate of drug-likeness (QED) is 0.538. The first kappa shape index (κ1) is 16.9. The fraction of sp³-hybridized carbons (Fsp3) is 0.200. The Kier molecular flexibility index (Phi) is 4.25. The highest BCUT2D eigenvalue weighted by atomic mass is 32.1. The Labute approximate surface area is 165 Å². The highest BCUT2D eigenvalue weighted by molar-refractivity contribution is 7.12. The lowest BCUT2D eigenvalue weighted by atomic mass is 10.1. The van der Waals surface area contributed by atoms with E-state index in [0.717, 1.165) is 35.0 Å². The van der Waals surface area contributed by atoms with Crippen LogP contribution in [0, 0.1) is 0 Å². The average molecular weight is 390 g/mol. The number of benzene rings is 1. The molecule has 0 unspecified atom stereocenters. The van der Waals surface area contributed by atoms with Crippen molar-refractivity contribution in [3.63, 3.8) is 0 Å². The van der Waals surface area contributed by atoms with Gasteiger partial charge >= 0.3 is 0 Å². The van der Waals surface area contributed by atoms with Gasteiger partial charge in [0.15, 0.2) is 0 Å². The van der Waals surface area contributed by atoms with Crippen molar-refractivity contribution in [1.29, 1.82) is 0 Å². The molecule has 8 heteroatoms. The van der Waals surface area contributed by atoms with Crippen LogP contribution in [0.1, 0.15) is 9.67 Å². The fourth-order valence-electron chi connectivity index (χ4n) is 3.47. The lowest BCUT2D eigenvalue weighted by Gasteiger charge is -2.35. The van der Waals surface area contributed by atoms with E-state index in [2.05, 4.69) is 20.0 Å². The summed E-state index contributed by atoms with van der Waals surface area (Å²) < 4.78 is 1.77. The van der Waals surface area contributed by atoms with Crippen LogP contribution in [0.15, 0.2) is 60.2 Å². The second kappa shape index (κ2) is 7.05. The Hall–Kier alpha value is -3.26. The zero-order valence-electron chi connectivity index (χ0n) is 15.1. The molecule has 1 saturated heterocycles. The van der Waals surface area contributed by atoms with Crippen molar-refractivity contribution >= 4 is 28.8 Å². The minimum absolute atomic E-state index is 0.111. The fourth-order valence-corrected chi connectivity index (χ4v) is 4.16. The van der Waals surface area contributed by atoms with Crippen LogP contribution in [-0.4, -0.2) is 56.6 Å². The maximum Gasteiger partial charge on any atom is 0.264 e. The molecule has 4 heterocycles. The molecule has 4 aromatic rings. The minimum atomic E-state index is 0.111. The van der Waals surface area contributed by atoms with Crippen LogP contribution in [0.25, 0.3) is 17.0 Å². The van der Waals surface area contributed by atoms with Gasteiger partial charge in [0.05, 0.1) is 10.6 Å². The molecule has 1 amide bonds. The van der Waals surface area contributed by atoms with Gasteiger partial charge in [-0.1, -0.05) is 36.4 Å². The Morgan fingerprint density at radius 3 is 2.57 bits per heavy atom. The van der Waals surface area contributed by atoms with E-state index in [0.29, 0.717) is 18.9 Å². The molecule has 0 aliphatic carbocycles. The number of aromatic nitrogens is 4. The molecule has 0 bridgehead atoms. The van der Waals surface area contributed by atoms with Crippen molar-refractivity contribution in [2.75, 3.05) is 31.1 Å². The van der Waals surface area contributed by atoms with Crippen LogP contribution >= 0.6 is 11.3 Å². The van der Waals surface area contributed by atoms with E-state index in [1.807, 2.05) is 58.8 Å². The molecule has 1 fully saturated rings. The second-order valence-electron chi connectivity index (χ2n) is 6.59. The summed E-state index contributed by atoms with van der Waals surface area (Å²) in [7, 11) is 0. The van der Waals surface area contributed by atoms with Crippen molar-refractivity contribution in [3.8, 4) is 11.3 Å². The summed E-state index contributed by atoms with van der Waals surface area (Å²) in [4.78, 5) is 26.5. The van der Waals surface area contributed by atoms with Gasteiger partial charge in [0.25, 0.3) is 11.7 Å². The number of thiophene rings is 1. The summed E-state index contributed by atoms with van der Waals surface area (Å²) in [5, 5.41) is 6.28. The van der Waals surface area contributed by atoms with Crippen LogP contribution in [0.4, 0.5) is 5.82 Å². The zero-order valence-corrected chi connectivity index (χ0v) is 15.9. The molecule has 1 aliphatic heterocycles. The molecular weight excluding hydrogens is 372 g/mol. The van der Waals surface area contributed by atoms with Gasteiger partial charge in [-0.25, -0.2) is 4.98 Å². The highest BCUT2D eigenvalue weighted by Gasteiger charge is 2.25. The molecule has 5 rings (SSSR count). The van der Waals surface area contributed by atoms with E-state index in [4.69, 9.17) is 0 Å². The second-order valence-corrected chi connectivity index (χ2v) is 7.54. The summed E-state index contributed by atoms with van der Waals surface area (Å²) in [6.07, 6.45) is 1.52. The number of amides is 1. The summed E-state index contributed by atoms with van der Waals surface area (Å²) >= 11 is 1.49. The molecule has 0 spiro atoms. The Morgan fingerprint density at radius 1 is 1.00 bits per heavy atom. The Morgan fingerprint density at radius 2 is 1.82 bits per heavy atom. The molecule has 0 N–H and O–H groups in total. The number of hydrogen-bond donors (Lipinski definition) is 0. The lowest BCUT2D eigenvalue weighted by molar-refractivity contribution is 0.0751. The third-order valence-electron chi connectivity index (χ3n) is 4.93. The topological polar surface area (TPSA) is 66.6 Å². The smallest absolute Gasteiger partial charge is 0.264 e. The van der Waals surface area contributed by atoms with Gasteiger partial charge in [0.1, 0.15) is 12.1 Å². The normalized spacial score (nSPS) is 14.6. The van der Waals surface area contributed by atoms with E-state index in [9.17, 15) is 4.79 Å². The molecule has 7 nitrogen and oxygen atoms in total. The zero-order chi connectivity index (χ0) is 18.9. The van der Waals surface area contributed by atoms with Gasteiger partial charge in [0.2, 0.25) is 0 Å². The minimum Gasteiger partial charge on any atom is -0.353 e. The van der Waals surface area contributed by atoms with Crippen LogP contribution in [0.3, 0.4) is 0 Å². The summed E-state index contributed by atoms with van der Waals surface area (Å²) in [6.45, 7) is 2.83. The largest absolute Gasteiger partial charge is 0.353 e. The van der Waals surface area contributed by atoms with Gasteiger partial charge in [-0.05, 0) is 11.4 Å². The highest BCUT2D eigenvalue weighted by Crippen LogP contribution is 2.25. The molecule has 3 aromatic heterocycles. The molecule has 0 radical (unpaired) electrons. The molecule has 0 atom stereocenters. The standard InChI is InChI=1S/C20H18N6OS/c27-19(17-7-4-12-28-17)25-10-8-24(9-11-25)18-13-16(15-5-2-1-3-6-15)23-20-21-14-22-26(18)20/h1-7,12-14H,8-11H2. The Bertz CT molecular complexity index is 1100. The number of nitrogens with zero attached hydrogens (tertiary/aromatic N) is 6.